The SMILES string of the molecule is c1ccc2cc3c(ccc4ccc(-c5ccc6c(c5)Oc5cccc7cccc-6c57)cc43)cc2c1. The fourth-order valence-electron chi connectivity index (χ4n) is 5.67. The summed E-state index contributed by atoms with van der Waals surface area (Å²) in [5, 5.41) is 10.0. The van der Waals surface area contributed by atoms with E-state index in [1.54, 1.807) is 0 Å². The van der Waals surface area contributed by atoms with Gasteiger partial charge < -0.3 is 4.74 Å². The van der Waals surface area contributed by atoms with E-state index in [1.807, 2.05) is 0 Å². The van der Waals surface area contributed by atoms with Gasteiger partial charge in [-0.3, -0.25) is 0 Å². The molecule has 0 bridgehead atoms. The van der Waals surface area contributed by atoms with Crippen LogP contribution in [0.2, 0.25) is 0 Å². The second kappa shape index (κ2) is 6.94. The zero-order valence-electron chi connectivity index (χ0n) is 19.0. The van der Waals surface area contributed by atoms with Crippen molar-refractivity contribution in [1.82, 2.24) is 0 Å². The molecule has 0 atom stereocenters. The van der Waals surface area contributed by atoms with E-state index in [4.69, 9.17) is 4.74 Å². The van der Waals surface area contributed by atoms with Crippen molar-refractivity contribution in [3.05, 3.63) is 121 Å². The van der Waals surface area contributed by atoms with Crippen LogP contribution < -0.4 is 4.74 Å². The van der Waals surface area contributed by atoms with Gasteiger partial charge in [-0.05, 0) is 90.8 Å². The Hall–Kier alpha value is -4.62. The summed E-state index contributed by atoms with van der Waals surface area (Å²) in [7, 11) is 0. The van der Waals surface area contributed by atoms with Gasteiger partial charge in [-0.2, -0.15) is 0 Å². The minimum Gasteiger partial charge on any atom is -0.456 e. The van der Waals surface area contributed by atoms with Crippen LogP contribution in [0, 0.1) is 0 Å². The molecule has 0 aliphatic carbocycles. The molecule has 0 saturated carbocycles. The second-order valence-electron chi connectivity index (χ2n) is 9.39. The lowest BCUT2D eigenvalue weighted by molar-refractivity contribution is 0.487. The molecule has 0 fully saturated rings. The molecule has 0 unspecified atom stereocenters. The molecule has 1 aliphatic rings. The fourth-order valence-corrected chi connectivity index (χ4v) is 5.67. The van der Waals surface area contributed by atoms with Crippen molar-refractivity contribution in [2.45, 2.75) is 0 Å². The number of ether oxygens (including phenoxy) is 1. The van der Waals surface area contributed by atoms with Gasteiger partial charge in [0.2, 0.25) is 0 Å². The van der Waals surface area contributed by atoms with Crippen molar-refractivity contribution in [2.75, 3.05) is 0 Å². The molecule has 0 radical (unpaired) electrons. The lowest BCUT2D eigenvalue weighted by Gasteiger charge is -2.22. The van der Waals surface area contributed by atoms with Gasteiger partial charge in [-0.15, -0.1) is 0 Å². The van der Waals surface area contributed by atoms with E-state index in [1.165, 1.54) is 54.2 Å². The highest BCUT2D eigenvalue weighted by Gasteiger charge is 2.20. The van der Waals surface area contributed by atoms with Gasteiger partial charge in [0.1, 0.15) is 11.5 Å². The predicted octanol–water partition coefficient (Wildman–Crippen LogP) is 9.74. The first kappa shape index (κ1) is 18.8. The molecule has 1 heteroatoms. The first-order valence-electron chi connectivity index (χ1n) is 12.0. The van der Waals surface area contributed by atoms with E-state index < -0.39 is 0 Å². The molecule has 8 rings (SSSR count). The molecule has 1 heterocycles. The van der Waals surface area contributed by atoms with Crippen LogP contribution in [0.3, 0.4) is 0 Å². The Balaban J connectivity index is 1.32. The van der Waals surface area contributed by atoms with Crippen LogP contribution in [0.5, 0.6) is 11.5 Å². The number of rotatable bonds is 1. The fraction of sp³-hybridized carbons (Fsp3) is 0. The summed E-state index contributed by atoms with van der Waals surface area (Å²) in [6.07, 6.45) is 0. The Labute approximate surface area is 202 Å². The van der Waals surface area contributed by atoms with Crippen molar-refractivity contribution in [3.63, 3.8) is 0 Å². The first-order chi connectivity index (χ1) is 17.3. The standard InChI is InChI=1S/C34H20O/c1-2-6-24-18-31-27(17-23(24)5-1)14-12-21-11-13-25(19-30(21)31)26-15-16-28-29-9-3-7-22-8-4-10-32(34(22)29)35-33(28)20-26/h1-20H. The van der Waals surface area contributed by atoms with Gasteiger partial charge in [0.05, 0.1) is 0 Å². The van der Waals surface area contributed by atoms with Crippen molar-refractivity contribution in [2.24, 2.45) is 0 Å². The molecule has 7 aromatic carbocycles. The Kier molecular flexibility index (Phi) is 3.72. The average Bonchev–Trinajstić information content (AvgIpc) is 2.91. The maximum Gasteiger partial charge on any atom is 0.135 e. The van der Waals surface area contributed by atoms with E-state index >= 15 is 0 Å². The Bertz CT molecular complexity index is 1970. The molecule has 0 N–H and O–H groups in total. The van der Waals surface area contributed by atoms with Crippen molar-refractivity contribution in [1.29, 1.82) is 0 Å². The molecule has 1 aliphatic heterocycles. The largest absolute Gasteiger partial charge is 0.456 e. The highest BCUT2D eigenvalue weighted by molar-refractivity contribution is 6.13. The monoisotopic (exact) mass is 444 g/mol. The van der Waals surface area contributed by atoms with E-state index in [0.717, 1.165) is 22.6 Å². The van der Waals surface area contributed by atoms with Crippen molar-refractivity contribution in [3.8, 4) is 33.8 Å². The van der Waals surface area contributed by atoms with Gasteiger partial charge in [-0.25, -0.2) is 0 Å². The van der Waals surface area contributed by atoms with Crippen LogP contribution >= 0.6 is 0 Å². The summed E-state index contributed by atoms with van der Waals surface area (Å²) in [5.74, 6) is 1.84. The predicted molar refractivity (Wildman–Crippen MR) is 147 cm³/mol. The minimum absolute atomic E-state index is 0.915. The molecule has 0 aromatic heterocycles. The summed E-state index contributed by atoms with van der Waals surface area (Å²) in [4.78, 5) is 0. The Morgan fingerprint density at radius 1 is 0.371 bits per heavy atom. The average molecular weight is 445 g/mol. The normalized spacial score (nSPS) is 12.2. The molecule has 0 saturated heterocycles. The first-order valence-corrected chi connectivity index (χ1v) is 12.0. The maximum atomic E-state index is 6.42. The van der Waals surface area contributed by atoms with Gasteiger partial charge in [0, 0.05) is 10.9 Å². The van der Waals surface area contributed by atoms with Crippen LogP contribution in [-0.4, -0.2) is 0 Å². The van der Waals surface area contributed by atoms with Crippen LogP contribution in [0.15, 0.2) is 121 Å². The highest BCUT2D eigenvalue weighted by atomic mass is 16.5. The topological polar surface area (TPSA) is 9.23 Å². The number of hydrogen-bond acceptors (Lipinski definition) is 1. The van der Waals surface area contributed by atoms with E-state index in [0.29, 0.717) is 0 Å². The van der Waals surface area contributed by atoms with Crippen LogP contribution in [0.4, 0.5) is 0 Å². The van der Waals surface area contributed by atoms with Gasteiger partial charge in [0.15, 0.2) is 0 Å². The number of fused-ring (bicyclic) bond motifs is 6. The third kappa shape index (κ3) is 2.76. The molecule has 7 aromatic rings. The summed E-state index contributed by atoms with van der Waals surface area (Å²) < 4.78 is 6.42. The Morgan fingerprint density at radius 3 is 1.97 bits per heavy atom. The smallest absolute Gasteiger partial charge is 0.135 e. The maximum absolute atomic E-state index is 6.42. The lowest BCUT2D eigenvalue weighted by Crippen LogP contribution is -1.97. The third-order valence-corrected chi connectivity index (χ3v) is 7.40. The van der Waals surface area contributed by atoms with E-state index in [9.17, 15) is 0 Å². The molecule has 0 spiro atoms. The van der Waals surface area contributed by atoms with Crippen LogP contribution in [-0.2, 0) is 0 Å². The van der Waals surface area contributed by atoms with Gasteiger partial charge in [-0.1, -0.05) is 84.9 Å². The van der Waals surface area contributed by atoms with Crippen LogP contribution in [0.1, 0.15) is 0 Å². The van der Waals surface area contributed by atoms with E-state index in [-0.39, 0.29) is 0 Å². The minimum atomic E-state index is 0.915. The zero-order chi connectivity index (χ0) is 22.9. The summed E-state index contributed by atoms with van der Waals surface area (Å²) >= 11 is 0. The quantitative estimate of drug-likeness (QED) is 0.181. The van der Waals surface area contributed by atoms with Gasteiger partial charge >= 0.3 is 0 Å². The summed E-state index contributed by atoms with van der Waals surface area (Å²) in [6, 6.07) is 43.8. The summed E-state index contributed by atoms with van der Waals surface area (Å²) in [5.41, 5.74) is 4.75. The molecular weight excluding hydrogens is 424 g/mol. The zero-order valence-corrected chi connectivity index (χ0v) is 19.0. The van der Waals surface area contributed by atoms with Gasteiger partial charge in [0.25, 0.3) is 0 Å². The molecule has 162 valence electrons. The van der Waals surface area contributed by atoms with Crippen molar-refractivity contribution < 1.29 is 4.74 Å². The second-order valence-corrected chi connectivity index (χ2v) is 9.39. The number of hydrogen-bond donors (Lipinski definition) is 0. The number of benzene rings is 7. The molecule has 1 nitrogen and oxygen atoms in total. The molecule has 0 amide bonds. The molecular formula is C34H20O. The Morgan fingerprint density at radius 2 is 1.06 bits per heavy atom. The van der Waals surface area contributed by atoms with E-state index in [2.05, 4.69) is 121 Å². The molecule has 35 heavy (non-hydrogen) atoms. The highest BCUT2D eigenvalue weighted by Crippen LogP contribution is 2.47. The van der Waals surface area contributed by atoms with Crippen molar-refractivity contribution >= 4 is 43.1 Å². The lowest BCUT2D eigenvalue weighted by atomic mass is 9.92. The van der Waals surface area contributed by atoms with Crippen LogP contribution in [0.25, 0.3) is 65.3 Å². The third-order valence-electron chi connectivity index (χ3n) is 7.40. The summed E-state index contributed by atoms with van der Waals surface area (Å²) in [6.45, 7) is 0.